The molecule has 20 heavy (non-hydrogen) atoms. The van der Waals surface area contributed by atoms with Crippen molar-refractivity contribution in [2.45, 2.75) is 39.7 Å². The maximum absolute atomic E-state index is 12.1. The predicted octanol–water partition coefficient (Wildman–Crippen LogP) is 1.13. The molecule has 3 atom stereocenters. The lowest BCUT2D eigenvalue weighted by atomic mass is 9.95. The van der Waals surface area contributed by atoms with Gasteiger partial charge in [0.2, 0.25) is 11.8 Å². The Kier molecular flexibility index (Phi) is 4.36. The molecule has 0 aromatic carbocycles. The summed E-state index contributed by atoms with van der Waals surface area (Å²) in [5.74, 6) is -1.07. The molecule has 7 heteroatoms. The molecule has 1 aromatic heterocycles. The van der Waals surface area contributed by atoms with Gasteiger partial charge in [-0.3, -0.25) is 9.59 Å². The highest BCUT2D eigenvalue weighted by Crippen LogP contribution is 2.38. The molecule has 0 spiro atoms. The second-order valence-electron chi connectivity index (χ2n) is 5.25. The summed E-state index contributed by atoms with van der Waals surface area (Å²) in [7, 11) is 0. The van der Waals surface area contributed by atoms with E-state index in [-0.39, 0.29) is 12.5 Å². The Bertz CT molecular complexity index is 500. The Morgan fingerprint density at radius 1 is 1.40 bits per heavy atom. The van der Waals surface area contributed by atoms with Crippen LogP contribution in [-0.2, 0) is 16.1 Å². The van der Waals surface area contributed by atoms with E-state index >= 15 is 0 Å². The van der Waals surface area contributed by atoms with Gasteiger partial charge in [-0.2, -0.15) is 4.98 Å². The number of amides is 1. The standard InChI is InChI=1S/C13H19N3O4/c1-3-8-4-9(10(5-8)13(18)19)12(17)14-6-11-15-7(2)16-20-11/h8-10H,3-6H2,1-2H3,(H,14,17)(H,18,19). The van der Waals surface area contributed by atoms with Crippen molar-refractivity contribution < 1.29 is 19.2 Å². The molecule has 1 aliphatic rings. The van der Waals surface area contributed by atoms with Gasteiger partial charge in [-0.05, 0) is 25.7 Å². The fourth-order valence-corrected chi connectivity index (χ4v) is 2.74. The Labute approximate surface area is 116 Å². The first-order valence-electron chi connectivity index (χ1n) is 6.81. The molecule has 0 aliphatic heterocycles. The zero-order valence-electron chi connectivity index (χ0n) is 11.6. The highest BCUT2D eigenvalue weighted by atomic mass is 16.5. The fourth-order valence-electron chi connectivity index (χ4n) is 2.74. The van der Waals surface area contributed by atoms with Crippen molar-refractivity contribution in [2.24, 2.45) is 17.8 Å². The van der Waals surface area contributed by atoms with Crippen LogP contribution in [-0.4, -0.2) is 27.1 Å². The van der Waals surface area contributed by atoms with Gasteiger partial charge in [0, 0.05) is 0 Å². The molecule has 2 N–H and O–H groups in total. The molecule has 0 radical (unpaired) electrons. The smallest absolute Gasteiger partial charge is 0.307 e. The number of aryl methyl sites for hydroxylation is 1. The molecule has 3 unspecified atom stereocenters. The van der Waals surface area contributed by atoms with Gasteiger partial charge in [-0.1, -0.05) is 18.5 Å². The van der Waals surface area contributed by atoms with Gasteiger partial charge in [0.05, 0.1) is 18.4 Å². The summed E-state index contributed by atoms with van der Waals surface area (Å²) in [5, 5.41) is 15.5. The van der Waals surface area contributed by atoms with Crippen LogP contribution in [0.25, 0.3) is 0 Å². The third-order valence-corrected chi connectivity index (χ3v) is 3.88. The van der Waals surface area contributed by atoms with E-state index < -0.39 is 17.8 Å². The minimum Gasteiger partial charge on any atom is -0.481 e. The fraction of sp³-hybridized carbons (Fsp3) is 0.692. The number of hydrogen-bond donors (Lipinski definition) is 2. The van der Waals surface area contributed by atoms with Crippen LogP contribution in [0.2, 0.25) is 0 Å². The topological polar surface area (TPSA) is 105 Å². The molecule has 1 saturated carbocycles. The van der Waals surface area contributed by atoms with Crippen LogP contribution >= 0.6 is 0 Å². The first-order chi connectivity index (χ1) is 9.51. The van der Waals surface area contributed by atoms with Crippen molar-refractivity contribution in [1.29, 1.82) is 0 Å². The van der Waals surface area contributed by atoms with Crippen LogP contribution in [0.15, 0.2) is 4.52 Å². The van der Waals surface area contributed by atoms with Crippen molar-refractivity contribution in [3.63, 3.8) is 0 Å². The zero-order chi connectivity index (χ0) is 14.7. The molecule has 0 saturated heterocycles. The third-order valence-electron chi connectivity index (χ3n) is 3.88. The lowest BCUT2D eigenvalue weighted by molar-refractivity contribution is -0.146. The highest BCUT2D eigenvalue weighted by molar-refractivity contribution is 5.85. The summed E-state index contributed by atoms with van der Waals surface area (Å²) in [6.45, 7) is 3.85. The maximum atomic E-state index is 12.1. The predicted molar refractivity (Wildman–Crippen MR) is 68.5 cm³/mol. The first-order valence-corrected chi connectivity index (χ1v) is 6.81. The number of carboxylic acid groups (broad SMARTS) is 1. The number of aliphatic carboxylic acids is 1. The summed E-state index contributed by atoms with van der Waals surface area (Å²) in [6, 6.07) is 0. The van der Waals surface area contributed by atoms with Crippen molar-refractivity contribution >= 4 is 11.9 Å². The van der Waals surface area contributed by atoms with Crippen LogP contribution in [0.1, 0.15) is 37.9 Å². The SMILES string of the molecule is CCC1CC(C(=O)O)C(C(=O)NCc2nc(C)no2)C1. The van der Waals surface area contributed by atoms with E-state index in [2.05, 4.69) is 15.5 Å². The van der Waals surface area contributed by atoms with Crippen LogP contribution in [0.4, 0.5) is 0 Å². The summed E-state index contributed by atoms with van der Waals surface area (Å²) >= 11 is 0. The van der Waals surface area contributed by atoms with Gasteiger partial charge in [-0.25, -0.2) is 0 Å². The average molecular weight is 281 g/mol. The number of aromatic nitrogens is 2. The molecule has 1 aromatic rings. The quantitative estimate of drug-likeness (QED) is 0.838. The molecule has 1 heterocycles. The van der Waals surface area contributed by atoms with Crippen LogP contribution in [0.3, 0.4) is 0 Å². The monoisotopic (exact) mass is 281 g/mol. The summed E-state index contributed by atoms with van der Waals surface area (Å²) in [4.78, 5) is 27.4. The lowest BCUT2D eigenvalue weighted by Crippen LogP contribution is -2.35. The van der Waals surface area contributed by atoms with E-state index in [4.69, 9.17) is 4.52 Å². The summed E-state index contributed by atoms with van der Waals surface area (Å²) in [6.07, 6.45) is 2.10. The van der Waals surface area contributed by atoms with Crippen molar-refractivity contribution in [2.75, 3.05) is 0 Å². The second-order valence-corrected chi connectivity index (χ2v) is 5.25. The normalized spacial score (nSPS) is 25.6. The zero-order valence-corrected chi connectivity index (χ0v) is 11.6. The van der Waals surface area contributed by atoms with E-state index in [0.29, 0.717) is 30.5 Å². The van der Waals surface area contributed by atoms with Crippen LogP contribution < -0.4 is 5.32 Å². The van der Waals surface area contributed by atoms with E-state index in [1.54, 1.807) is 6.92 Å². The molecule has 0 bridgehead atoms. The number of carbonyl (C=O) groups is 2. The van der Waals surface area contributed by atoms with Gasteiger partial charge < -0.3 is 14.9 Å². The Morgan fingerprint density at radius 3 is 2.65 bits per heavy atom. The van der Waals surface area contributed by atoms with Crippen molar-refractivity contribution in [3.8, 4) is 0 Å². The molecule has 2 rings (SSSR count). The number of carbonyl (C=O) groups excluding carboxylic acids is 1. The van der Waals surface area contributed by atoms with Crippen LogP contribution in [0, 0.1) is 24.7 Å². The van der Waals surface area contributed by atoms with E-state index in [0.717, 1.165) is 6.42 Å². The molecular weight excluding hydrogens is 262 g/mol. The van der Waals surface area contributed by atoms with E-state index in [9.17, 15) is 14.7 Å². The number of nitrogens with zero attached hydrogens (tertiary/aromatic N) is 2. The first kappa shape index (κ1) is 14.5. The molecule has 1 fully saturated rings. The Morgan fingerprint density at radius 2 is 2.10 bits per heavy atom. The minimum absolute atomic E-state index is 0.138. The minimum atomic E-state index is -0.894. The Balaban J connectivity index is 1.95. The van der Waals surface area contributed by atoms with E-state index in [1.807, 2.05) is 6.92 Å². The van der Waals surface area contributed by atoms with Gasteiger partial charge in [-0.15, -0.1) is 0 Å². The molecular formula is C13H19N3O4. The van der Waals surface area contributed by atoms with E-state index in [1.165, 1.54) is 0 Å². The number of rotatable bonds is 5. The molecule has 1 amide bonds. The third kappa shape index (κ3) is 3.15. The largest absolute Gasteiger partial charge is 0.481 e. The van der Waals surface area contributed by atoms with Crippen LogP contribution in [0.5, 0.6) is 0 Å². The summed E-state index contributed by atoms with van der Waals surface area (Å²) < 4.78 is 4.90. The second kappa shape index (κ2) is 6.02. The van der Waals surface area contributed by atoms with Crippen molar-refractivity contribution in [3.05, 3.63) is 11.7 Å². The number of nitrogens with one attached hydrogen (secondary N) is 1. The molecule has 110 valence electrons. The number of hydrogen-bond acceptors (Lipinski definition) is 5. The van der Waals surface area contributed by atoms with Gasteiger partial charge in [0.15, 0.2) is 5.82 Å². The van der Waals surface area contributed by atoms with Gasteiger partial charge in [0.25, 0.3) is 0 Å². The maximum Gasteiger partial charge on any atom is 0.307 e. The van der Waals surface area contributed by atoms with Gasteiger partial charge >= 0.3 is 5.97 Å². The van der Waals surface area contributed by atoms with Crippen molar-refractivity contribution in [1.82, 2.24) is 15.5 Å². The molecule has 7 nitrogen and oxygen atoms in total. The lowest BCUT2D eigenvalue weighted by Gasteiger charge is -2.14. The summed E-state index contributed by atoms with van der Waals surface area (Å²) in [5.41, 5.74) is 0. The molecule has 1 aliphatic carbocycles. The Hall–Kier alpha value is -1.92. The average Bonchev–Trinajstić information content (AvgIpc) is 3.02. The highest BCUT2D eigenvalue weighted by Gasteiger charge is 2.42. The van der Waals surface area contributed by atoms with Gasteiger partial charge in [0.1, 0.15) is 0 Å². The number of carboxylic acids is 1.